The van der Waals surface area contributed by atoms with Gasteiger partial charge in [-0.3, -0.25) is 9.35 Å². The van der Waals surface area contributed by atoms with Gasteiger partial charge >= 0.3 is 27.3 Å². The maximum atomic E-state index is 13.5. The van der Waals surface area contributed by atoms with E-state index in [0.717, 1.165) is 12.8 Å². The van der Waals surface area contributed by atoms with E-state index in [2.05, 4.69) is 4.74 Å². The molecule has 0 aromatic rings. The molecule has 12 heteroatoms. The van der Waals surface area contributed by atoms with Crippen molar-refractivity contribution < 1.29 is 50.7 Å². The van der Waals surface area contributed by atoms with Crippen LogP contribution in [0.4, 0.5) is 8.78 Å². The monoisotopic (exact) mass is 454 g/mol. The SMILES string of the molecule is CC(OC(=O)COC1C2CC3C1OC(=O)C3C2C1(O)CCCC1)C(F)(F)S(=O)(=O)O. The van der Waals surface area contributed by atoms with Crippen LogP contribution in [0.15, 0.2) is 0 Å². The van der Waals surface area contributed by atoms with Crippen molar-refractivity contribution >= 4 is 22.1 Å². The van der Waals surface area contributed by atoms with Gasteiger partial charge in [-0.2, -0.15) is 17.2 Å². The molecule has 4 rings (SSSR count). The Balaban J connectivity index is 1.42. The number of esters is 2. The predicted molar refractivity (Wildman–Crippen MR) is 93.7 cm³/mol. The van der Waals surface area contributed by atoms with Gasteiger partial charge < -0.3 is 19.3 Å². The Hall–Kier alpha value is -1.37. The van der Waals surface area contributed by atoms with Crippen LogP contribution in [0.5, 0.6) is 0 Å². The number of rotatable bonds is 7. The van der Waals surface area contributed by atoms with Gasteiger partial charge in [0.15, 0.2) is 6.10 Å². The smallest absolute Gasteiger partial charge is 0.405 e. The van der Waals surface area contributed by atoms with E-state index in [9.17, 15) is 31.9 Å². The van der Waals surface area contributed by atoms with Gasteiger partial charge in [0.1, 0.15) is 12.7 Å². The third-order valence-corrected chi connectivity index (χ3v) is 8.17. The first-order valence-corrected chi connectivity index (χ1v) is 11.4. The van der Waals surface area contributed by atoms with Crippen LogP contribution in [0, 0.1) is 23.7 Å². The van der Waals surface area contributed by atoms with Gasteiger partial charge in [0.25, 0.3) is 0 Å². The van der Waals surface area contributed by atoms with Crippen molar-refractivity contribution in [3.63, 3.8) is 0 Å². The Morgan fingerprint density at radius 2 is 1.97 bits per heavy atom. The van der Waals surface area contributed by atoms with Gasteiger partial charge in [-0.05, 0) is 32.1 Å². The molecular formula is C18H24F2O9S. The first-order chi connectivity index (χ1) is 13.9. The number of aliphatic hydroxyl groups is 1. The highest BCUT2D eigenvalue weighted by molar-refractivity contribution is 7.86. The van der Waals surface area contributed by atoms with Gasteiger partial charge in [0, 0.05) is 11.8 Å². The van der Waals surface area contributed by atoms with Crippen molar-refractivity contribution in [3.05, 3.63) is 0 Å². The molecule has 0 spiro atoms. The largest absolute Gasteiger partial charge is 0.459 e. The van der Waals surface area contributed by atoms with Crippen LogP contribution in [0.3, 0.4) is 0 Å². The highest BCUT2D eigenvalue weighted by Crippen LogP contribution is 2.63. The summed E-state index contributed by atoms with van der Waals surface area (Å²) in [4.78, 5) is 24.3. The summed E-state index contributed by atoms with van der Waals surface area (Å²) in [6, 6.07) is 0. The summed E-state index contributed by atoms with van der Waals surface area (Å²) >= 11 is 0. The summed E-state index contributed by atoms with van der Waals surface area (Å²) in [6.45, 7) is -0.123. The molecular weight excluding hydrogens is 430 g/mol. The molecule has 0 amide bonds. The summed E-state index contributed by atoms with van der Waals surface area (Å²) in [5, 5.41) is 6.45. The van der Waals surface area contributed by atoms with Crippen molar-refractivity contribution in [1.29, 1.82) is 0 Å². The van der Waals surface area contributed by atoms with E-state index in [0.29, 0.717) is 26.2 Å². The summed E-state index contributed by atoms with van der Waals surface area (Å²) in [5.74, 6) is -2.72. The number of alkyl halides is 2. The second kappa shape index (κ2) is 7.07. The quantitative estimate of drug-likeness (QED) is 0.425. The minimum atomic E-state index is -5.76. The Kier molecular flexibility index (Phi) is 5.15. The van der Waals surface area contributed by atoms with Gasteiger partial charge in [-0.1, -0.05) is 12.8 Å². The zero-order valence-corrected chi connectivity index (χ0v) is 17.0. The lowest BCUT2D eigenvalue weighted by Gasteiger charge is -2.40. The lowest BCUT2D eigenvalue weighted by Crippen LogP contribution is -2.49. The molecule has 3 saturated carbocycles. The fourth-order valence-corrected chi connectivity index (χ4v) is 6.41. The molecule has 4 aliphatic rings. The Labute approximate surface area is 171 Å². The van der Waals surface area contributed by atoms with Crippen LogP contribution in [-0.4, -0.2) is 65.8 Å². The number of fused-ring (bicyclic) bond motifs is 1. The molecule has 9 nitrogen and oxygen atoms in total. The highest BCUT2D eigenvalue weighted by Gasteiger charge is 2.71. The van der Waals surface area contributed by atoms with Crippen molar-refractivity contribution in [1.82, 2.24) is 0 Å². The van der Waals surface area contributed by atoms with Gasteiger partial charge in [0.05, 0.1) is 17.6 Å². The van der Waals surface area contributed by atoms with Crippen molar-refractivity contribution in [2.24, 2.45) is 23.7 Å². The van der Waals surface area contributed by atoms with E-state index in [-0.39, 0.29) is 23.7 Å². The summed E-state index contributed by atoms with van der Waals surface area (Å²) in [5.41, 5.74) is -0.993. The molecule has 7 unspecified atom stereocenters. The molecule has 1 saturated heterocycles. The third-order valence-electron chi connectivity index (χ3n) is 7.15. The highest BCUT2D eigenvalue weighted by atomic mass is 32.2. The molecule has 7 atom stereocenters. The van der Waals surface area contributed by atoms with Gasteiger partial charge in [-0.25, -0.2) is 4.79 Å². The first-order valence-electron chi connectivity index (χ1n) is 9.95. The topological polar surface area (TPSA) is 136 Å². The number of hydrogen-bond acceptors (Lipinski definition) is 8. The summed E-state index contributed by atoms with van der Waals surface area (Å²) in [7, 11) is -5.76. The van der Waals surface area contributed by atoms with Gasteiger partial charge in [0.2, 0.25) is 0 Å². The maximum Gasteiger partial charge on any atom is 0.405 e. The van der Waals surface area contributed by atoms with Crippen LogP contribution in [0.2, 0.25) is 0 Å². The zero-order valence-electron chi connectivity index (χ0n) is 16.2. The predicted octanol–water partition coefficient (Wildman–Crippen LogP) is 0.896. The lowest BCUT2D eigenvalue weighted by molar-refractivity contribution is -0.172. The molecule has 1 heterocycles. The van der Waals surface area contributed by atoms with E-state index < -0.39 is 57.8 Å². The van der Waals surface area contributed by atoms with E-state index >= 15 is 0 Å². The van der Waals surface area contributed by atoms with E-state index in [4.69, 9.17) is 14.0 Å². The van der Waals surface area contributed by atoms with Crippen LogP contribution in [-0.2, 0) is 33.9 Å². The van der Waals surface area contributed by atoms with Crippen molar-refractivity contribution in [3.8, 4) is 0 Å². The third kappa shape index (κ3) is 3.23. The average Bonchev–Trinajstić information content (AvgIpc) is 3.35. The Morgan fingerprint density at radius 3 is 2.57 bits per heavy atom. The summed E-state index contributed by atoms with van der Waals surface area (Å²) in [6.07, 6.45) is -0.218. The van der Waals surface area contributed by atoms with Crippen molar-refractivity contribution in [2.75, 3.05) is 6.61 Å². The molecule has 3 aliphatic carbocycles. The molecule has 2 N–H and O–H groups in total. The molecule has 2 bridgehead atoms. The molecule has 1 aliphatic heterocycles. The lowest BCUT2D eigenvalue weighted by atomic mass is 9.68. The van der Waals surface area contributed by atoms with E-state index in [1.165, 1.54) is 0 Å². The second-order valence-electron chi connectivity index (χ2n) is 8.77. The fourth-order valence-electron chi connectivity index (χ4n) is 5.94. The number of hydrogen-bond donors (Lipinski definition) is 2. The number of carbonyl (C=O) groups excluding carboxylic acids is 2. The zero-order chi connectivity index (χ0) is 22.1. The average molecular weight is 454 g/mol. The maximum absolute atomic E-state index is 13.5. The van der Waals surface area contributed by atoms with Gasteiger partial charge in [-0.15, -0.1) is 0 Å². The van der Waals surface area contributed by atoms with E-state index in [1.807, 2.05) is 0 Å². The fraction of sp³-hybridized carbons (Fsp3) is 0.889. The molecule has 0 aromatic carbocycles. The van der Waals surface area contributed by atoms with Crippen LogP contribution in [0.1, 0.15) is 39.0 Å². The van der Waals surface area contributed by atoms with Crippen LogP contribution < -0.4 is 0 Å². The normalized spacial score (nSPS) is 38.0. The van der Waals surface area contributed by atoms with Crippen LogP contribution in [0.25, 0.3) is 0 Å². The standard InChI is InChI=1S/C18H24F2O9S/c1-8(18(19,20)30(24,25)26)28-11(21)7-27-14-10-6-9-12(16(22)29-15(9)14)13(10)17(23)4-2-3-5-17/h8-10,12-15,23H,2-7H2,1H3,(H,24,25,26). The second-order valence-corrected chi connectivity index (χ2v) is 10.3. The number of halogens is 2. The molecule has 30 heavy (non-hydrogen) atoms. The van der Waals surface area contributed by atoms with Crippen LogP contribution >= 0.6 is 0 Å². The molecule has 4 fully saturated rings. The van der Waals surface area contributed by atoms with E-state index in [1.54, 1.807) is 0 Å². The Bertz CT molecular complexity index is 839. The molecule has 0 radical (unpaired) electrons. The summed E-state index contributed by atoms with van der Waals surface area (Å²) < 4.78 is 72.6. The molecule has 0 aromatic heterocycles. The Morgan fingerprint density at radius 1 is 1.33 bits per heavy atom. The minimum absolute atomic E-state index is 0.124. The number of ether oxygens (including phenoxy) is 3. The molecule has 170 valence electrons. The first kappa shape index (κ1) is 21.8. The minimum Gasteiger partial charge on any atom is -0.459 e. The van der Waals surface area contributed by atoms with Crippen molar-refractivity contribution in [2.45, 2.75) is 68.2 Å². The number of carbonyl (C=O) groups is 2.